The van der Waals surface area contributed by atoms with Gasteiger partial charge in [-0.05, 0) is 37.8 Å². The van der Waals surface area contributed by atoms with Crippen LogP contribution in [0, 0.1) is 15.5 Å². The molecule has 1 fully saturated rings. The van der Waals surface area contributed by atoms with Gasteiger partial charge in [0.1, 0.15) is 12.1 Å². The van der Waals surface area contributed by atoms with E-state index in [-0.39, 0.29) is 30.5 Å². The predicted octanol–water partition coefficient (Wildman–Crippen LogP) is -0.963. The number of nitrogens with one attached hydrogen (secondary N) is 3. The number of nitrogen functional groups attached to an aromatic ring is 1. The molecule has 0 spiro atoms. The summed E-state index contributed by atoms with van der Waals surface area (Å²) in [6, 6.07) is 4.02. The Morgan fingerprint density at radius 2 is 1.81 bits per heavy atom. The molecule has 1 aromatic rings. The largest absolute Gasteiger partial charge is 0.481 e. The van der Waals surface area contributed by atoms with E-state index in [4.69, 9.17) is 32.5 Å². The van der Waals surface area contributed by atoms with Crippen molar-refractivity contribution >= 4 is 41.1 Å². The van der Waals surface area contributed by atoms with Crippen LogP contribution in [0.5, 0.6) is 0 Å². The third-order valence-corrected chi connectivity index (χ3v) is 4.75. The number of benzene rings is 1. The van der Waals surface area contributed by atoms with Crippen LogP contribution < -0.4 is 27.8 Å². The summed E-state index contributed by atoms with van der Waals surface area (Å²) in [7, 11) is 0. The molecule has 0 bridgehead atoms. The summed E-state index contributed by atoms with van der Waals surface area (Å²) >= 11 is 0. The highest BCUT2D eigenvalue weighted by molar-refractivity contribution is 5.91. The standard InChI is InChI=1S/C13H24N6O4.C6H6N2O2.C2H4O2/c14-7-10(20)19-6-2-4-9(19)11(21)18-8(12(22)23)3-1-5-17-13(15)16;7-5-1-3-6(4-2-5)8(9)10;1-2(3)4/h8-9H,1-7,14H2,(H,18,21)(H,22,23)(H4,15,16,17);1-4H,7H2;1H3,(H,3,4)/t8-,9-;;/m0../s1. The van der Waals surface area contributed by atoms with Gasteiger partial charge in [-0.15, -0.1) is 0 Å². The molecule has 16 nitrogen and oxygen atoms in total. The molecule has 1 saturated heterocycles. The molecular formula is C21H34N8O8. The van der Waals surface area contributed by atoms with Crippen LogP contribution in [0.3, 0.4) is 0 Å². The molecule has 2 atom stereocenters. The first-order valence-electron chi connectivity index (χ1n) is 11.1. The Kier molecular flexibility index (Phi) is 15.0. The summed E-state index contributed by atoms with van der Waals surface area (Å²) in [4.78, 5) is 55.2. The highest BCUT2D eigenvalue weighted by Crippen LogP contribution is 2.17. The molecule has 1 heterocycles. The van der Waals surface area contributed by atoms with E-state index >= 15 is 0 Å². The van der Waals surface area contributed by atoms with Crippen LogP contribution in [0.15, 0.2) is 24.3 Å². The maximum Gasteiger partial charge on any atom is 0.326 e. The van der Waals surface area contributed by atoms with Gasteiger partial charge in [0.05, 0.1) is 11.5 Å². The van der Waals surface area contributed by atoms with Gasteiger partial charge in [0.2, 0.25) is 11.8 Å². The van der Waals surface area contributed by atoms with Crippen molar-refractivity contribution < 1.29 is 34.3 Å². The number of nitrogens with zero attached hydrogens (tertiary/aromatic N) is 2. The van der Waals surface area contributed by atoms with Gasteiger partial charge in [-0.1, -0.05) is 0 Å². The summed E-state index contributed by atoms with van der Waals surface area (Å²) in [5.41, 5.74) is 16.3. The Bertz CT molecular complexity index is 937. The molecule has 0 unspecified atom stereocenters. The minimum absolute atomic E-state index is 0.0641. The van der Waals surface area contributed by atoms with E-state index in [1.165, 1.54) is 29.2 Å². The predicted molar refractivity (Wildman–Crippen MR) is 133 cm³/mol. The highest BCUT2D eigenvalue weighted by Gasteiger charge is 2.35. The first-order valence-corrected chi connectivity index (χ1v) is 11.1. The third kappa shape index (κ3) is 13.9. The SMILES string of the molecule is CC(=O)O.N=C(N)NCCC[C@H](NC(=O)[C@@H]1CCCN1C(=O)CN)C(=O)O.Nc1ccc([N+](=O)[O-])cc1. The fourth-order valence-electron chi connectivity index (χ4n) is 3.11. The molecule has 0 radical (unpaired) electrons. The first-order chi connectivity index (χ1) is 17.3. The average molecular weight is 527 g/mol. The number of hydrogen-bond acceptors (Lipinski definition) is 9. The van der Waals surface area contributed by atoms with Gasteiger partial charge < -0.3 is 42.9 Å². The molecule has 2 rings (SSSR count). The summed E-state index contributed by atoms with van der Waals surface area (Å²) < 4.78 is 0. The Hall–Kier alpha value is -4.47. The van der Waals surface area contributed by atoms with Gasteiger partial charge in [-0.2, -0.15) is 0 Å². The first kappa shape index (κ1) is 32.5. The van der Waals surface area contributed by atoms with Crippen LogP contribution in [0.1, 0.15) is 32.6 Å². The number of nitrogens with two attached hydrogens (primary N) is 3. The topological polar surface area (TPSA) is 281 Å². The second kappa shape index (κ2) is 17.0. The van der Waals surface area contributed by atoms with Crippen LogP contribution in [0.4, 0.5) is 11.4 Å². The van der Waals surface area contributed by atoms with E-state index in [1.807, 2.05) is 0 Å². The molecule has 11 N–H and O–H groups in total. The van der Waals surface area contributed by atoms with Crippen LogP contribution in [0.25, 0.3) is 0 Å². The molecule has 0 saturated carbocycles. The minimum atomic E-state index is -1.14. The van der Waals surface area contributed by atoms with Crippen molar-refractivity contribution in [2.75, 3.05) is 25.4 Å². The lowest BCUT2D eigenvalue weighted by atomic mass is 10.1. The number of carbonyl (C=O) groups is 4. The summed E-state index contributed by atoms with van der Waals surface area (Å²) in [5.74, 6) is -2.96. The Morgan fingerprint density at radius 1 is 1.24 bits per heavy atom. The molecule has 2 amide bonds. The summed E-state index contributed by atoms with van der Waals surface area (Å²) in [6.07, 6.45) is 1.80. The van der Waals surface area contributed by atoms with E-state index in [0.29, 0.717) is 38.0 Å². The number of carboxylic acids is 2. The zero-order valence-corrected chi connectivity index (χ0v) is 20.4. The number of likely N-dealkylation sites (tertiary alicyclic amines) is 1. The van der Waals surface area contributed by atoms with Crippen molar-refractivity contribution in [1.82, 2.24) is 15.5 Å². The number of carboxylic acid groups (broad SMARTS) is 2. The van der Waals surface area contributed by atoms with Crippen LogP contribution in [-0.2, 0) is 19.2 Å². The van der Waals surface area contributed by atoms with Crippen LogP contribution in [0.2, 0.25) is 0 Å². The van der Waals surface area contributed by atoms with Crippen molar-refractivity contribution in [3.8, 4) is 0 Å². The second-order valence-electron chi connectivity index (χ2n) is 7.70. The van der Waals surface area contributed by atoms with Gasteiger partial charge in [0.25, 0.3) is 11.7 Å². The van der Waals surface area contributed by atoms with E-state index < -0.39 is 34.9 Å². The summed E-state index contributed by atoms with van der Waals surface area (Å²) in [5, 5.41) is 38.7. The normalized spacial score (nSPS) is 14.5. The number of amides is 2. The summed E-state index contributed by atoms with van der Waals surface area (Å²) in [6.45, 7) is 1.70. The van der Waals surface area contributed by atoms with E-state index in [1.54, 1.807) is 0 Å². The van der Waals surface area contributed by atoms with Crippen molar-refractivity contribution in [2.24, 2.45) is 11.5 Å². The lowest BCUT2D eigenvalue weighted by Crippen LogP contribution is -2.52. The lowest BCUT2D eigenvalue weighted by Gasteiger charge is -2.25. The van der Waals surface area contributed by atoms with Crippen molar-refractivity contribution in [1.29, 1.82) is 5.41 Å². The van der Waals surface area contributed by atoms with Crippen LogP contribution in [-0.4, -0.2) is 81.5 Å². The smallest absolute Gasteiger partial charge is 0.326 e. The Balaban J connectivity index is 0.000000757. The molecule has 206 valence electrons. The number of hydrogen-bond donors (Lipinski definition) is 8. The molecule has 1 aromatic carbocycles. The molecule has 16 heteroatoms. The van der Waals surface area contributed by atoms with E-state index in [9.17, 15) is 29.6 Å². The number of guanidine groups is 1. The number of nitro benzene ring substituents is 1. The number of non-ortho nitro benzene ring substituents is 1. The number of nitro groups is 1. The number of aliphatic carboxylic acids is 2. The van der Waals surface area contributed by atoms with Gasteiger partial charge in [0.15, 0.2) is 5.96 Å². The van der Waals surface area contributed by atoms with Crippen molar-refractivity contribution in [3.05, 3.63) is 34.4 Å². The molecular weight excluding hydrogens is 492 g/mol. The number of carbonyl (C=O) groups excluding carboxylic acids is 2. The molecule has 1 aliphatic heterocycles. The van der Waals surface area contributed by atoms with Gasteiger partial charge in [-0.3, -0.25) is 29.9 Å². The fourth-order valence-corrected chi connectivity index (χ4v) is 3.11. The molecule has 1 aliphatic rings. The Morgan fingerprint density at radius 3 is 2.27 bits per heavy atom. The van der Waals surface area contributed by atoms with E-state index in [2.05, 4.69) is 10.6 Å². The maximum absolute atomic E-state index is 12.3. The van der Waals surface area contributed by atoms with Gasteiger partial charge in [0, 0.05) is 37.8 Å². The zero-order chi connectivity index (χ0) is 28.5. The van der Waals surface area contributed by atoms with Gasteiger partial charge >= 0.3 is 5.97 Å². The van der Waals surface area contributed by atoms with Crippen LogP contribution >= 0.6 is 0 Å². The number of anilines is 1. The van der Waals surface area contributed by atoms with Crippen molar-refractivity contribution in [3.63, 3.8) is 0 Å². The molecule has 0 aliphatic carbocycles. The lowest BCUT2D eigenvalue weighted by molar-refractivity contribution is -0.384. The maximum atomic E-state index is 12.3. The monoisotopic (exact) mass is 526 g/mol. The number of rotatable bonds is 9. The molecule has 0 aromatic heterocycles. The van der Waals surface area contributed by atoms with E-state index in [0.717, 1.165) is 6.92 Å². The molecule has 37 heavy (non-hydrogen) atoms. The zero-order valence-electron chi connectivity index (χ0n) is 20.4. The second-order valence-corrected chi connectivity index (χ2v) is 7.70. The minimum Gasteiger partial charge on any atom is -0.481 e. The third-order valence-electron chi connectivity index (χ3n) is 4.75. The fraction of sp³-hybridized carbons (Fsp3) is 0.476. The van der Waals surface area contributed by atoms with Crippen molar-refractivity contribution in [2.45, 2.75) is 44.7 Å². The van der Waals surface area contributed by atoms with Gasteiger partial charge in [-0.25, -0.2) is 4.79 Å². The quantitative estimate of drug-likeness (QED) is 0.0482. The Labute approximate surface area is 212 Å². The highest BCUT2D eigenvalue weighted by atomic mass is 16.6. The average Bonchev–Trinajstić information content (AvgIpc) is 3.30.